The van der Waals surface area contributed by atoms with Gasteiger partial charge in [-0.25, -0.2) is 4.39 Å². The lowest BCUT2D eigenvalue weighted by Crippen LogP contribution is -2.09. The molecule has 196 valence electrons. The maximum atomic E-state index is 14.8. The Hall–Kier alpha value is -3.19. The topological polar surface area (TPSA) is 72.8 Å². The molecular formula is C30H33FO5S. The van der Waals surface area contributed by atoms with Crippen molar-refractivity contribution in [2.75, 3.05) is 7.11 Å². The third-order valence-electron chi connectivity index (χ3n) is 6.63. The lowest BCUT2D eigenvalue weighted by Gasteiger charge is -2.17. The molecule has 7 heteroatoms. The Bertz CT molecular complexity index is 1280. The number of benzene rings is 3. The summed E-state index contributed by atoms with van der Waals surface area (Å²) in [5, 5.41) is 9.22. The van der Waals surface area contributed by atoms with Crippen LogP contribution in [0.5, 0.6) is 11.5 Å². The molecule has 3 aromatic carbocycles. The minimum Gasteiger partial charge on any atom is -0.497 e. The molecule has 0 heterocycles. The van der Waals surface area contributed by atoms with Crippen molar-refractivity contribution in [3.63, 3.8) is 0 Å². The molecule has 1 aliphatic rings. The lowest BCUT2D eigenvalue weighted by atomic mass is 9.90. The first-order valence-electron chi connectivity index (χ1n) is 12.6. The predicted octanol–water partition coefficient (Wildman–Crippen LogP) is 6.95. The van der Waals surface area contributed by atoms with E-state index in [1.807, 2.05) is 50.2 Å². The number of hydrogen-bond donors (Lipinski definition) is 1. The van der Waals surface area contributed by atoms with E-state index in [2.05, 4.69) is 0 Å². The molecule has 2 atom stereocenters. The van der Waals surface area contributed by atoms with Gasteiger partial charge < -0.3 is 14.6 Å². The summed E-state index contributed by atoms with van der Waals surface area (Å²) in [4.78, 5) is 12.0. The van der Waals surface area contributed by atoms with Gasteiger partial charge in [0.15, 0.2) is 0 Å². The second-order valence-electron chi connectivity index (χ2n) is 9.86. The van der Waals surface area contributed by atoms with Crippen LogP contribution in [0, 0.1) is 11.7 Å². The maximum absolute atomic E-state index is 14.8. The zero-order valence-electron chi connectivity index (χ0n) is 21.4. The Balaban J connectivity index is 1.58. The first-order chi connectivity index (χ1) is 17.7. The van der Waals surface area contributed by atoms with Crippen molar-refractivity contribution in [1.29, 1.82) is 0 Å². The van der Waals surface area contributed by atoms with Gasteiger partial charge in [0, 0.05) is 21.3 Å². The summed E-state index contributed by atoms with van der Waals surface area (Å²) in [5.41, 5.74) is 2.67. The number of aliphatic carboxylic acids is 1. The van der Waals surface area contributed by atoms with Gasteiger partial charge in [0.2, 0.25) is 0 Å². The minimum atomic E-state index is -1.36. The van der Waals surface area contributed by atoms with Crippen LogP contribution in [0.1, 0.15) is 56.6 Å². The highest BCUT2D eigenvalue weighted by molar-refractivity contribution is 7.85. The second-order valence-corrected chi connectivity index (χ2v) is 11.8. The van der Waals surface area contributed by atoms with Gasteiger partial charge in [0.1, 0.15) is 23.9 Å². The van der Waals surface area contributed by atoms with E-state index in [0.717, 1.165) is 17.5 Å². The monoisotopic (exact) mass is 524 g/mol. The SMILES string of the molecule is COc1ccc(F)c(-c2ccc(COc3cccc([C@H](CC(=O)O)CC4CC4)c3)cc2S(=O)C(C)C)c1. The molecule has 1 N–H and O–H groups in total. The molecule has 0 spiro atoms. The Morgan fingerprint density at radius 3 is 2.51 bits per heavy atom. The molecule has 0 amide bonds. The predicted molar refractivity (Wildman–Crippen MR) is 143 cm³/mol. The summed E-state index contributed by atoms with van der Waals surface area (Å²) in [6.45, 7) is 3.97. The van der Waals surface area contributed by atoms with Crippen molar-refractivity contribution < 1.29 is 28.0 Å². The molecule has 0 saturated heterocycles. The quantitative estimate of drug-likeness (QED) is 0.277. The van der Waals surface area contributed by atoms with Gasteiger partial charge in [-0.2, -0.15) is 0 Å². The number of carboxylic acid groups (broad SMARTS) is 1. The average molecular weight is 525 g/mol. The zero-order valence-corrected chi connectivity index (χ0v) is 22.2. The van der Waals surface area contributed by atoms with Crippen LogP contribution >= 0.6 is 0 Å². The Kier molecular flexibility index (Phi) is 8.64. The van der Waals surface area contributed by atoms with Crippen molar-refractivity contribution in [1.82, 2.24) is 0 Å². The second kappa shape index (κ2) is 11.9. The minimum absolute atomic E-state index is 0.0364. The first-order valence-corrected chi connectivity index (χ1v) is 13.8. The Morgan fingerprint density at radius 2 is 1.84 bits per heavy atom. The van der Waals surface area contributed by atoms with E-state index in [4.69, 9.17) is 9.47 Å². The summed E-state index contributed by atoms with van der Waals surface area (Å²) in [7, 11) is 0.167. The van der Waals surface area contributed by atoms with E-state index in [1.165, 1.54) is 26.0 Å². The molecule has 1 saturated carbocycles. The van der Waals surface area contributed by atoms with Crippen molar-refractivity contribution in [3.05, 3.63) is 77.6 Å². The number of methoxy groups -OCH3 is 1. The van der Waals surface area contributed by atoms with Crippen LogP contribution in [-0.2, 0) is 22.2 Å². The summed E-state index contributed by atoms with van der Waals surface area (Å²) in [6, 6.07) is 17.6. The summed E-state index contributed by atoms with van der Waals surface area (Å²) in [5.74, 6) is 0.541. The van der Waals surface area contributed by atoms with Crippen LogP contribution in [0.15, 0.2) is 65.6 Å². The van der Waals surface area contributed by atoms with Gasteiger partial charge in [-0.15, -0.1) is 0 Å². The summed E-state index contributed by atoms with van der Waals surface area (Å²) in [6.07, 6.45) is 3.32. The first kappa shape index (κ1) is 26.9. The summed E-state index contributed by atoms with van der Waals surface area (Å²) >= 11 is 0. The van der Waals surface area contributed by atoms with Gasteiger partial charge >= 0.3 is 5.97 Å². The third kappa shape index (κ3) is 6.98. The molecule has 0 bridgehead atoms. The molecule has 1 unspecified atom stereocenters. The van der Waals surface area contributed by atoms with Crippen LogP contribution in [0.3, 0.4) is 0 Å². The van der Waals surface area contributed by atoms with Crippen LogP contribution in [0.4, 0.5) is 4.39 Å². The molecule has 5 nitrogen and oxygen atoms in total. The van der Waals surface area contributed by atoms with E-state index in [0.29, 0.717) is 33.4 Å². The summed E-state index contributed by atoms with van der Waals surface area (Å²) < 4.78 is 39.3. The molecule has 0 aliphatic heterocycles. The number of carbonyl (C=O) groups is 1. The van der Waals surface area contributed by atoms with Gasteiger partial charge in [0.25, 0.3) is 0 Å². The van der Waals surface area contributed by atoms with E-state index in [1.54, 1.807) is 18.2 Å². The highest BCUT2D eigenvalue weighted by Gasteiger charge is 2.28. The highest BCUT2D eigenvalue weighted by atomic mass is 32.2. The van der Waals surface area contributed by atoms with E-state index in [9.17, 15) is 18.5 Å². The number of hydrogen-bond acceptors (Lipinski definition) is 4. The van der Waals surface area contributed by atoms with Gasteiger partial charge in [-0.3, -0.25) is 9.00 Å². The zero-order chi connectivity index (χ0) is 26.5. The lowest BCUT2D eigenvalue weighted by molar-refractivity contribution is -0.137. The van der Waals surface area contributed by atoms with Gasteiger partial charge in [-0.1, -0.05) is 51.0 Å². The van der Waals surface area contributed by atoms with E-state index in [-0.39, 0.29) is 24.2 Å². The number of rotatable bonds is 12. The average Bonchev–Trinajstić information content (AvgIpc) is 3.71. The normalized spacial score (nSPS) is 14.8. The number of carboxylic acids is 1. The number of ether oxygens (including phenoxy) is 2. The molecule has 0 radical (unpaired) electrons. The maximum Gasteiger partial charge on any atom is 0.303 e. The smallest absolute Gasteiger partial charge is 0.303 e. The van der Waals surface area contributed by atoms with Crippen LogP contribution < -0.4 is 9.47 Å². The fourth-order valence-corrected chi connectivity index (χ4v) is 5.64. The van der Waals surface area contributed by atoms with Crippen molar-refractivity contribution in [3.8, 4) is 22.6 Å². The molecular weight excluding hydrogens is 491 g/mol. The van der Waals surface area contributed by atoms with Gasteiger partial charge in [-0.05, 0) is 65.8 Å². The fraction of sp³-hybridized carbons (Fsp3) is 0.367. The molecule has 3 aromatic rings. The Morgan fingerprint density at radius 1 is 1.05 bits per heavy atom. The standard InChI is InChI=1S/C30H33FO5S/c1-19(2)37(34)29-14-21(9-11-26(29)27-17-24(35-3)10-12-28(27)31)18-36-25-6-4-5-22(15-25)23(16-30(32)33)13-20-7-8-20/h4-6,9-12,14-15,17,19-20,23H,7-8,13,16,18H2,1-3H3,(H,32,33)/t23-,37?/m0/s1. The largest absolute Gasteiger partial charge is 0.497 e. The molecule has 37 heavy (non-hydrogen) atoms. The van der Waals surface area contributed by atoms with E-state index < -0.39 is 22.6 Å². The van der Waals surface area contributed by atoms with Crippen LogP contribution in [0.25, 0.3) is 11.1 Å². The fourth-order valence-electron chi connectivity index (χ4n) is 4.47. The molecule has 4 rings (SSSR count). The van der Waals surface area contributed by atoms with Crippen molar-refractivity contribution >= 4 is 16.8 Å². The molecule has 1 aliphatic carbocycles. The highest BCUT2D eigenvalue weighted by Crippen LogP contribution is 2.40. The van der Waals surface area contributed by atoms with Crippen LogP contribution in [0.2, 0.25) is 0 Å². The van der Waals surface area contributed by atoms with E-state index >= 15 is 0 Å². The Labute approximate surface area is 220 Å². The molecule has 1 fully saturated rings. The number of halogens is 1. The molecule has 0 aromatic heterocycles. The van der Waals surface area contributed by atoms with Crippen molar-refractivity contribution in [2.45, 2.75) is 62.2 Å². The van der Waals surface area contributed by atoms with Gasteiger partial charge in [0.05, 0.1) is 24.3 Å². The van der Waals surface area contributed by atoms with Crippen molar-refractivity contribution in [2.24, 2.45) is 5.92 Å². The third-order valence-corrected chi connectivity index (χ3v) is 8.25. The van der Waals surface area contributed by atoms with Crippen LogP contribution in [-0.4, -0.2) is 27.6 Å².